The number of fused-ring (bicyclic) bond motifs is 4. The Bertz CT molecular complexity index is 6730. The Balaban J connectivity index is 0.000000116. The van der Waals surface area contributed by atoms with Gasteiger partial charge in [0.1, 0.15) is 87.7 Å². The van der Waals surface area contributed by atoms with Crippen molar-refractivity contribution in [3.05, 3.63) is 305 Å². The smallest absolute Gasteiger partial charge is 0.195 e. The lowest BCUT2D eigenvalue weighted by Crippen LogP contribution is -2.54. The highest BCUT2D eigenvalue weighted by atomic mass is 32.1. The molecule has 5 aliphatic rings. The minimum absolute atomic E-state index is 0.00958. The maximum absolute atomic E-state index is 13.6. The van der Waals surface area contributed by atoms with Gasteiger partial charge >= 0.3 is 0 Å². The van der Waals surface area contributed by atoms with Gasteiger partial charge in [0.15, 0.2) is 23.1 Å². The summed E-state index contributed by atoms with van der Waals surface area (Å²) in [5.41, 5.74) is 7.43. The lowest BCUT2D eigenvalue weighted by atomic mass is 9.97. The third-order valence-electron chi connectivity index (χ3n) is 23.7. The molecule has 21 rings (SSSR count). The highest BCUT2D eigenvalue weighted by molar-refractivity contribution is 7.26. The molecule has 0 amide bonds. The fraction of sp³-hybridized carbons (Fsp3) is 0.219. The minimum atomic E-state index is -0.0858. The van der Waals surface area contributed by atoms with Crippen molar-refractivity contribution in [3.63, 3.8) is 0 Å². The first-order valence-corrected chi connectivity index (χ1v) is 47.5. The van der Waals surface area contributed by atoms with Gasteiger partial charge in [-0.2, -0.15) is 0 Å². The van der Waals surface area contributed by atoms with E-state index in [-0.39, 0.29) is 87.8 Å². The number of phenolic OH excluding ortho intramolecular Hbond substituents is 7. The molecule has 1 aliphatic carbocycles. The number of phenols is 7. The molecule has 0 spiro atoms. The zero-order chi connectivity index (χ0) is 89.1. The molecule has 7 N–H and O–H groups in total. The number of carbonyl (C=O) groups excluding carboxylic acids is 4. The molecule has 5 aromatic heterocycles. The molecule has 9 heterocycles. The minimum Gasteiger partial charge on any atom is -0.508 e. The molecule has 0 bridgehead atoms. The topological polar surface area (TPSA) is 260 Å². The number of likely N-dealkylation sites (tertiary alicyclic amines) is 4. The molecular formula is C105H94N4O15S5. The predicted molar refractivity (Wildman–Crippen MR) is 516 cm³/mol. The van der Waals surface area contributed by atoms with Gasteiger partial charge in [-0.15, -0.1) is 56.7 Å². The van der Waals surface area contributed by atoms with E-state index >= 15 is 0 Å². The summed E-state index contributed by atoms with van der Waals surface area (Å²) < 4.78 is 27.6. The van der Waals surface area contributed by atoms with Crippen LogP contribution in [0.5, 0.6) is 63.2 Å². The molecule has 4 saturated heterocycles. The van der Waals surface area contributed by atoms with E-state index in [2.05, 4.69) is 40.4 Å². The Kier molecular flexibility index (Phi) is 25.8. The van der Waals surface area contributed by atoms with Crippen LogP contribution in [0.4, 0.5) is 0 Å². The number of hydrogen-bond donors (Lipinski definition) is 7. The van der Waals surface area contributed by atoms with Crippen molar-refractivity contribution in [1.82, 2.24) is 19.6 Å². The normalized spacial score (nSPS) is 15.0. The highest BCUT2D eigenvalue weighted by Gasteiger charge is 2.40. The summed E-state index contributed by atoms with van der Waals surface area (Å²) in [6, 6.07) is 75.2. The van der Waals surface area contributed by atoms with Crippen LogP contribution >= 0.6 is 56.7 Å². The average Bonchev–Trinajstić information content (AvgIpc) is 1.62. The first-order valence-electron chi connectivity index (χ1n) is 43.3. The summed E-state index contributed by atoms with van der Waals surface area (Å²) in [6.45, 7) is 17.4. The molecule has 1 saturated carbocycles. The van der Waals surface area contributed by atoms with Gasteiger partial charge in [-0.05, 0) is 316 Å². The van der Waals surface area contributed by atoms with Crippen LogP contribution in [-0.4, -0.2) is 181 Å². The number of rotatable bonds is 26. The predicted octanol–water partition coefficient (Wildman–Crippen LogP) is 22.5. The van der Waals surface area contributed by atoms with E-state index in [4.69, 9.17) is 18.9 Å². The second-order valence-corrected chi connectivity index (χ2v) is 38.2. The molecule has 0 atom stereocenters. The van der Waals surface area contributed by atoms with Crippen LogP contribution in [0.25, 0.3) is 81.4 Å². The van der Waals surface area contributed by atoms with Crippen LogP contribution < -0.4 is 18.9 Å². The summed E-state index contributed by atoms with van der Waals surface area (Å²) >= 11 is 7.53. The van der Waals surface area contributed by atoms with Gasteiger partial charge < -0.3 is 54.7 Å². The van der Waals surface area contributed by atoms with Gasteiger partial charge in [-0.1, -0.05) is 26.8 Å². The first-order chi connectivity index (χ1) is 62.7. The molecule has 19 nitrogen and oxygen atoms in total. The molecule has 4 aliphatic heterocycles. The monoisotopic (exact) mass is 1810 g/mol. The molecule has 0 radical (unpaired) electrons. The van der Waals surface area contributed by atoms with Crippen molar-refractivity contribution >= 4 is 120 Å². The van der Waals surface area contributed by atoms with Crippen LogP contribution in [0.3, 0.4) is 0 Å². The number of carbonyl (C=O) groups is 4. The molecule has 16 aromatic rings. The fourth-order valence-electron chi connectivity index (χ4n) is 16.7. The summed E-state index contributed by atoms with van der Waals surface area (Å²) in [4.78, 5) is 68.4. The summed E-state index contributed by atoms with van der Waals surface area (Å²) in [6.07, 6.45) is 5.78. The van der Waals surface area contributed by atoms with Gasteiger partial charge in [0, 0.05) is 163 Å². The third kappa shape index (κ3) is 19.5. The van der Waals surface area contributed by atoms with Crippen molar-refractivity contribution in [1.29, 1.82) is 0 Å². The van der Waals surface area contributed by atoms with Gasteiger partial charge in [-0.25, -0.2) is 0 Å². The molecule has 24 heteroatoms. The Morgan fingerprint density at radius 3 is 0.860 bits per heavy atom. The molecule has 5 fully saturated rings. The highest BCUT2D eigenvalue weighted by Crippen LogP contribution is 2.48. The van der Waals surface area contributed by atoms with Crippen LogP contribution in [0.1, 0.15) is 110 Å². The summed E-state index contributed by atoms with van der Waals surface area (Å²) in [7, 11) is 0. The maximum atomic E-state index is 13.6. The van der Waals surface area contributed by atoms with Crippen molar-refractivity contribution < 1.29 is 73.9 Å². The first kappa shape index (κ1) is 87.0. The summed E-state index contributed by atoms with van der Waals surface area (Å²) in [5, 5.41) is 74.0. The molecule has 129 heavy (non-hydrogen) atoms. The Morgan fingerprint density at radius 1 is 0.318 bits per heavy atom. The molecule has 0 unspecified atom stereocenters. The number of likely N-dealkylation sites (N-methyl/N-ethyl adjacent to an activating group) is 1. The summed E-state index contributed by atoms with van der Waals surface area (Å²) in [5.74, 6) is 4.08. The van der Waals surface area contributed by atoms with E-state index in [0.29, 0.717) is 44.5 Å². The number of nitrogens with zero attached hydrogens (tertiary/aromatic N) is 4. The van der Waals surface area contributed by atoms with Crippen LogP contribution in [0.2, 0.25) is 0 Å². The Morgan fingerprint density at radius 2 is 0.589 bits per heavy atom. The van der Waals surface area contributed by atoms with E-state index in [1.807, 2.05) is 109 Å². The van der Waals surface area contributed by atoms with E-state index in [1.54, 1.807) is 174 Å². The quantitative estimate of drug-likeness (QED) is 0.0249. The largest absolute Gasteiger partial charge is 0.508 e. The second-order valence-electron chi connectivity index (χ2n) is 33.0. The number of aromatic hydroxyl groups is 7. The standard InChI is InChI=1S/C27H23NO4S.C27H25NO4S.C26H23NO4S.C25H23NO3S2/c29-19-7-1-17(2-8-19)27-25(23-12-9-20(30)13-24(23)33-27)26(31)16-3-10-21(11-4-16)32-22-14-28(15-22)18-5-6-18;1-2-13-28-15-22(16-28)32-21-10-5-17(6-11-21)26(31)25-23-12-9-20(30)14-24(23)33-27(25)18-3-7-19(29)8-4-18;1-2-27-14-21(15-27)31-20-10-5-16(6-11-20)25(30)24-22-12-9-19(29)13-23(22)32-26(24)17-3-7-18(28)8-4-17;1-2-11-26-14-19(15-26)29-18-8-5-16(6-9-18)24(28)23-20-10-7-17(27)13-22(20)31-25(23)21-4-3-12-30-21/h1-4,7-13,18,22,29-30H,5-6,14-15H2;3-12,14,22,29-30H,2,13,15-16H2,1H3;3-13,21,28-29H,2,14-15H2,1H3;3-10,12-13,19,27H,2,11,14-15H2,1H3. The van der Waals surface area contributed by atoms with E-state index in [1.165, 1.54) is 46.9 Å². The van der Waals surface area contributed by atoms with Gasteiger partial charge in [-0.3, -0.25) is 38.8 Å². The molecule has 654 valence electrons. The second kappa shape index (κ2) is 38.3. The Labute approximate surface area is 766 Å². The lowest BCUT2D eigenvalue weighted by molar-refractivity contribution is 0.0143. The van der Waals surface area contributed by atoms with Crippen LogP contribution in [-0.2, 0) is 0 Å². The van der Waals surface area contributed by atoms with E-state index in [9.17, 15) is 54.9 Å². The van der Waals surface area contributed by atoms with Crippen LogP contribution in [0.15, 0.2) is 260 Å². The van der Waals surface area contributed by atoms with Gasteiger partial charge in [0.05, 0.1) is 4.88 Å². The lowest BCUT2D eigenvalue weighted by Gasteiger charge is -2.39. The van der Waals surface area contributed by atoms with Crippen molar-refractivity contribution in [2.45, 2.75) is 76.9 Å². The van der Waals surface area contributed by atoms with Gasteiger partial charge in [0.25, 0.3) is 0 Å². The number of benzene rings is 11. The molecular weight excluding hydrogens is 1720 g/mol. The zero-order valence-electron chi connectivity index (χ0n) is 71.0. The average molecular weight is 1810 g/mol. The maximum Gasteiger partial charge on any atom is 0.195 e. The van der Waals surface area contributed by atoms with Crippen molar-refractivity contribution in [3.8, 4) is 104 Å². The number of ketones is 4. The van der Waals surface area contributed by atoms with Gasteiger partial charge in [0.2, 0.25) is 0 Å². The van der Waals surface area contributed by atoms with E-state index < -0.39 is 0 Å². The fourth-order valence-corrected chi connectivity index (χ4v) is 22.5. The number of hydrogen-bond acceptors (Lipinski definition) is 24. The third-order valence-corrected chi connectivity index (χ3v) is 29.5. The number of thiophene rings is 5. The SMILES string of the molecule is CCCN1CC(Oc2ccc(C(=O)c3c(-c4ccc(O)cc4)sc4cc(O)ccc34)cc2)C1.CCCN1CC(Oc2ccc(C(=O)c3c(-c4cccs4)sc4cc(O)ccc34)cc2)C1.CCN1CC(Oc2ccc(C(=O)c3c(-c4ccc(O)cc4)sc4cc(O)ccc34)cc2)C1.O=C(c1ccc(OC2CN(C3CC3)C2)cc1)c1c(-c2ccc(O)cc2)sc2cc(O)ccc12. The molecule has 11 aromatic carbocycles. The van der Waals surface area contributed by atoms with Crippen molar-refractivity contribution in [2.75, 3.05) is 72.0 Å². The Hall–Kier alpha value is -12.7. The van der Waals surface area contributed by atoms with Crippen LogP contribution in [0, 0.1) is 0 Å². The number of ether oxygens (including phenoxy) is 4. The van der Waals surface area contributed by atoms with Crippen molar-refractivity contribution in [2.24, 2.45) is 0 Å². The zero-order valence-corrected chi connectivity index (χ0v) is 75.1. The van der Waals surface area contributed by atoms with E-state index in [0.717, 1.165) is 195 Å².